The van der Waals surface area contributed by atoms with Crippen molar-refractivity contribution in [2.24, 2.45) is 7.05 Å². The first-order valence-electron chi connectivity index (χ1n) is 8.88. The van der Waals surface area contributed by atoms with Crippen LogP contribution in [0.25, 0.3) is 32.9 Å². The Kier molecular flexibility index (Phi) is 3.51. The highest BCUT2D eigenvalue weighted by Gasteiger charge is 2.34. The van der Waals surface area contributed by atoms with Crippen LogP contribution in [0.2, 0.25) is 5.02 Å². The lowest BCUT2D eigenvalue weighted by molar-refractivity contribution is 0.0880. The van der Waals surface area contributed by atoms with Crippen LogP contribution in [0, 0.1) is 0 Å². The van der Waals surface area contributed by atoms with Crippen molar-refractivity contribution in [1.82, 2.24) is 9.88 Å². The maximum absolute atomic E-state index is 12.8. The summed E-state index contributed by atoms with van der Waals surface area (Å²) in [6.45, 7) is 0. The number of imide groups is 1. The predicted octanol–water partition coefficient (Wildman–Crippen LogP) is 4.58. The number of nitrogens with zero attached hydrogens (tertiary/aromatic N) is 1. The summed E-state index contributed by atoms with van der Waals surface area (Å²) >= 11 is 6.42. The van der Waals surface area contributed by atoms with Crippen LogP contribution in [0.5, 0.6) is 0 Å². The fourth-order valence-corrected chi connectivity index (χ4v) is 4.34. The van der Waals surface area contributed by atoms with Gasteiger partial charge in [0.05, 0.1) is 16.6 Å². The van der Waals surface area contributed by atoms with E-state index in [-0.39, 0.29) is 5.91 Å². The maximum Gasteiger partial charge on any atom is 0.259 e. The molecule has 1 aromatic heterocycles. The van der Waals surface area contributed by atoms with E-state index < -0.39 is 5.91 Å². The summed E-state index contributed by atoms with van der Waals surface area (Å²) < 4.78 is 2.04. The van der Waals surface area contributed by atoms with Crippen molar-refractivity contribution >= 4 is 50.9 Å². The Balaban J connectivity index is 2.01. The molecule has 0 aliphatic carbocycles. The Bertz CT molecular complexity index is 1340. The van der Waals surface area contributed by atoms with Gasteiger partial charge in [-0.3, -0.25) is 14.9 Å². The molecule has 0 saturated heterocycles. The number of halogens is 1. The summed E-state index contributed by atoms with van der Waals surface area (Å²) in [5.41, 5.74) is 4.99. The minimum atomic E-state index is -0.390. The molecule has 0 unspecified atom stereocenters. The number of fused-ring (bicyclic) bond motifs is 5. The van der Waals surface area contributed by atoms with Gasteiger partial charge in [-0.2, -0.15) is 0 Å². The van der Waals surface area contributed by atoms with E-state index in [2.05, 4.69) is 10.6 Å². The van der Waals surface area contributed by atoms with E-state index in [4.69, 9.17) is 11.6 Å². The zero-order chi connectivity index (χ0) is 19.6. The minimum Gasteiger partial charge on any atom is -0.388 e. The fourth-order valence-electron chi connectivity index (χ4n) is 4.10. The molecule has 2 N–H and O–H groups in total. The van der Waals surface area contributed by atoms with E-state index in [1.807, 2.05) is 61.1 Å². The first-order valence-corrected chi connectivity index (χ1v) is 9.26. The topological polar surface area (TPSA) is 63.1 Å². The molecule has 4 aromatic rings. The van der Waals surface area contributed by atoms with Gasteiger partial charge in [0.25, 0.3) is 11.8 Å². The molecular formula is C22H16ClN3O2. The van der Waals surface area contributed by atoms with Gasteiger partial charge in [0.1, 0.15) is 0 Å². The average Bonchev–Trinajstić information content (AvgIpc) is 3.15. The Morgan fingerprint density at radius 2 is 1.68 bits per heavy atom. The molecule has 5 nitrogen and oxygen atoms in total. The number of anilines is 1. The number of hydrogen-bond acceptors (Lipinski definition) is 3. The second kappa shape index (κ2) is 5.84. The van der Waals surface area contributed by atoms with Crippen LogP contribution in [-0.4, -0.2) is 23.4 Å². The van der Waals surface area contributed by atoms with Crippen LogP contribution in [0.15, 0.2) is 48.5 Å². The molecule has 138 valence electrons. The van der Waals surface area contributed by atoms with Gasteiger partial charge in [0.2, 0.25) is 0 Å². The van der Waals surface area contributed by atoms with Gasteiger partial charge in [0.15, 0.2) is 0 Å². The van der Waals surface area contributed by atoms with E-state index in [9.17, 15) is 9.59 Å². The van der Waals surface area contributed by atoms with Gasteiger partial charge in [-0.25, -0.2) is 0 Å². The molecule has 3 aromatic carbocycles. The highest BCUT2D eigenvalue weighted by atomic mass is 35.5. The van der Waals surface area contributed by atoms with E-state index in [0.29, 0.717) is 21.7 Å². The summed E-state index contributed by atoms with van der Waals surface area (Å²) in [7, 11) is 3.81. The third-order valence-corrected chi connectivity index (χ3v) is 5.76. The molecule has 28 heavy (non-hydrogen) atoms. The van der Waals surface area contributed by atoms with Crippen molar-refractivity contribution in [2.45, 2.75) is 0 Å². The SMILES string of the molecule is CNc1ccc2c(c1)c1c3c(c(-c4ccccc4Cl)cc1n2C)C(=O)NC3=O. The zero-order valence-electron chi connectivity index (χ0n) is 15.3. The molecule has 5 rings (SSSR count). The van der Waals surface area contributed by atoms with Gasteiger partial charge < -0.3 is 9.88 Å². The zero-order valence-corrected chi connectivity index (χ0v) is 16.0. The smallest absolute Gasteiger partial charge is 0.259 e. The molecule has 6 heteroatoms. The summed E-state index contributed by atoms with van der Waals surface area (Å²) in [4.78, 5) is 25.5. The lowest BCUT2D eigenvalue weighted by atomic mass is 9.93. The van der Waals surface area contributed by atoms with Gasteiger partial charge >= 0.3 is 0 Å². The predicted molar refractivity (Wildman–Crippen MR) is 112 cm³/mol. The normalized spacial score (nSPS) is 13.2. The second-order valence-electron chi connectivity index (χ2n) is 6.87. The van der Waals surface area contributed by atoms with Crippen molar-refractivity contribution in [1.29, 1.82) is 0 Å². The Morgan fingerprint density at radius 1 is 0.929 bits per heavy atom. The minimum absolute atomic E-state index is 0.374. The molecule has 1 aliphatic rings. The van der Waals surface area contributed by atoms with E-state index in [1.165, 1.54) is 0 Å². The number of amides is 2. The summed E-state index contributed by atoms with van der Waals surface area (Å²) in [6, 6.07) is 15.3. The standard InChI is InChI=1S/C22H16ClN3O2/c1-24-11-7-8-16-14(9-11)18-17(26(16)2)10-13(12-5-3-4-6-15(12)23)19-20(18)22(28)25-21(19)27/h3-10,24H,1-2H3,(H,25,27,28). The third-order valence-electron chi connectivity index (χ3n) is 5.43. The van der Waals surface area contributed by atoms with E-state index in [0.717, 1.165) is 33.1 Å². The van der Waals surface area contributed by atoms with Crippen molar-refractivity contribution in [3.05, 3.63) is 64.7 Å². The number of rotatable bonds is 2. The van der Waals surface area contributed by atoms with Gasteiger partial charge in [0, 0.05) is 46.7 Å². The first-order chi connectivity index (χ1) is 13.5. The number of aryl methyl sites for hydroxylation is 1. The molecule has 2 amide bonds. The summed E-state index contributed by atoms with van der Waals surface area (Å²) in [6.07, 6.45) is 0. The van der Waals surface area contributed by atoms with E-state index in [1.54, 1.807) is 6.07 Å². The number of benzene rings is 3. The quantitative estimate of drug-likeness (QED) is 0.493. The van der Waals surface area contributed by atoms with Gasteiger partial charge in [-0.05, 0) is 35.9 Å². The van der Waals surface area contributed by atoms with Crippen molar-refractivity contribution in [3.63, 3.8) is 0 Å². The Morgan fingerprint density at radius 3 is 2.43 bits per heavy atom. The van der Waals surface area contributed by atoms with E-state index >= 15 is 0 Å². The molecule has 0 spiro atoms. The molecule has 0 bridgehead atoms. The molecule has 0 fully saturated rings. The van der Waals surface area contributed by atoms with Gasteiger partial charge in [-0.1, -0.05) is 29.8 Å². The first kappa shape index (κ1) is 16.8. The molecule has 1 aliphatic heterocycles. The number of nitrogens with one attached hydrogen (secondary N) is 2. The maximum atomic E-state index is 12.8. The highest BCUT2D eigenvalue weighted by Crippen LogP contribution is 2.42. The largest absolute Gasteiger partial charge is 0.388 e. The number of carbonyl (C=O) groups is 2. The third kappa shape index (κ3) is 2.14. The monoisotopic (exact) mass is 389 g/mol. The van der Waals surface area contributed by atoms with Crippen LogP contribution in [0.4, 0.5) is 5.69 Å². The average molecular weight is 390 g/mol. The second-order valence-corrected chi connectivity index (χ2v) is 7.28. The number of aromatic nitrogens is 1. The van der Waals surface area contributed by atoms with Crippen molar-refractivity contribution in [3.8, 4) is 11.1 Å². The van der Waals surface area contributed by atoms with Crippen molar-refractivity contribution < 1.29 is 9.59 Å². The Labute approximate surface area is 165 Å². The molecule has 2 heterocycles. The summed E-state index contributed by atoms with van der Waals surface area (Å²) in [5, 5.41) is 7.83. The molecular weight excluding hydrogens is 374 g/mol. The lowest BCUT2D eigenvalue weighted by Gasteiger charge is -2.10. The van der Waals surface area contributed by atoms with Gasteiger partial charge in [-0.15, -0.1) is 0 Å². The Hall–Kier alpha value is -3.31. The number of carbonyl (C=O) groups excluding carboxylic acids is 2. The van der Waals surface area contributed by atoms with Crippen molar-refractivity contribution in [2.75, 3.05) is 12.4 Å². The van der Waals surface area contributed by atoms with Crippen LogP contribution in [0.3, 0.4) is 0 Å². The van der Waals surface area contributed by atoms with Crippen LogP contribution < -0.4 is 10.6 Å². The van der Waals surface area contributed by atoms with Crippen LogP contribution >= 0.6 is 11.6 Å². The van der Waals surface area contributed by atoms with Crippen LogP contribution in [0.1, 0.15) is 20.7 Å². The summed E-state index contributed by atoms with van der Waals surface area (Å²) in [5.74, 6) is -0.764. The lowest BCUT2D eigenvalue weighted by Crippen LogP contribution is -2.20. The molecule has 0 radical (unpaired) electrons. The molecule has 0 atom stereocenters. The number of hydrogen-bond donors (Lipinski definition) is 2. The fraction of sp³-hybridized carbons (Fsp3) is 0.0909. The molecule has 0 saturated carbocycles. The van der Waals surface area contributed by atoms with Crippen LogP contribution in [-0.2, 0) is 7.05 Å². The highest BCUT2D eigenvalue weighted by molar-refractivity contribution is 6.36.